The average Bonchev–Trinajstić information content (AvgIpc) is 2.83. The van der Waals surface area contributed by atoms with Crippen LogP contribution >= 0.6 is 11.6 Å². The zero-order chi connectivity index (χ0) is 14.0. The van der Waals surface area contributed by atoms with Gasteiger partial charge in [-0.2, -0.15) is 0 Å². The van der Waals surface area contributed by atoms with E-state index in [1.165, 1.54) is 19.2 Å². The van der Waals surface area contributed by atoms with Gasteiger partial charge in [0.05, 0.1) is 5.25 Å². The van der Waals surface area contributed by atoms with Crippen molar-refractivity contribution in [3.05, 3.63) is 34.6 Å². The van der Waals surface area contributed by atoms with Crippen molar-refractivity contribution in [2.24, 2.45) is 0 Å². The number of halogens is 2. The minimum atomic E-state index is -3.25. The lowest BCUT2D eigenvalue weighted by molar-refractivity contribution is 0.325. The third-order valence-electron chi connectivity index (χ3n) is 3.35. The molecular formula is C12H16ClFN2O2S. The summed E-state index contributed by atoms with van der Waals surface area (Å²) in [5.74, 6) is -0.315. The SMILES string of the molecule is CNS(=O)(=O)C1CCN(Cc2cc(Cl)ccc2F)C1. The molecule has 1 aliphatic rings. The van der Waals surface area contributed by atoms with Crippen LogP contribution in [0.4, 0.5) is 4.39 Å². The van der Waals surface area contributed by atoms with Crippen LogP contribution in [0.3, 0.4) is 0 Å². The van der Waals surface area contributed by atoms with Gasteiger partial charge in [0.1, 0.15) is 5.82 Å². The Morgan fingerprint density at radius 2 is 2.26 bits per heavy atom. The molecule has 0 aromatic heterocycles. The van der Waals surface area contributed by atoms with Crippen LogP contribution in [0.25, 0.3) is 0 Å². The molecule has 4 nitrogen and oxygen atoms in total. The van der Waals surface area contributed by atoms with Crippen LogP contribution in [-0.4, -0.2) is 38.7 Å². The molecule has 7 heteroatoms. The number of hydrogen-bond acceptors (Lipinski definition) is 3. The molecular weight excluding hydrogens is 291 g/mol. The van der Waals surface area contributed by atoms with Gasteiger partial charge in [0.15, 0.2) is 0 Å². The van der Waals surface area contributed by atoms with Gasteiger partial charge in [-0.05, 0) is 38.2 Å². The predicted octanol–water partition coefficient (Wildman–Crippen LogP) is 1.60. The molecule has 0 saturated carbocycles. The monoisotopic (exact) mass is 306 g/mol. The van der Waals surface area contributed by atoms with E-state index >= 15 is 0 Å². The number of nitrogens with one attached hydrogen (secondary N) is 1. The van der Waals surface area contributed by atoms with Crippen molar-refractivity contribution in [3.8, 4) is 0 Å². The van der Waals surface area contributed by atoms with Gasteiger partial charge in [0.2, 0.25) is 10.0 Å². The molecule has 106 valence electrons. The highest BCUT2D eigenvalue weighted by Crippen LogP contribution is 2.21. The minimum absolute atomic E-state index is 0.315. The Morgan fingerprint density at radius 3 is 2.95 bits per heavy atom. The maximum absolute atomic E-state index is 13.6. The molecule has 0 aliphatic carbocycles. The summed E-state index contributed by atoms with van der Waals surface area (Å²) < 4.78 is 39.3. The van der Waals surface area contributed by atoms with Crippen molar-refractivity contribution >= 4 is 21.6 Å². The van der Waals surface area contributed by atoms with Crippen molar-refractivity contribution in [3.63, 3.8) is 0 Å². The average molecular weight is 307 g/mol. The van der Waals surface area contributed by atoms with E-state index in [1.54, 1.807) is 6.07 Å². The van der Waals surface area contributed by atoms with Crippen LogP contribution in [-0.2, 0) is 16.6 Å². The van der Waals surface area contributed by atoms with Crippen molar-refractivity contribution < 1.29 is 12.8 Å². The second-order valence-corrected chi connectivity index (χ2v) is 7.23. The van der Waals surface area contributed by atoms with E-state index in [0.29, 0.717) is 36.6 Å². The first kappa shape index (κ1) is 14.7. The van der Waals surface area contributed by atoms with Gasteiger partial charge >= 0.3 is 0 Å². The van der Waals surface area contributed by atoms with Crippen LogP contribution in [0.15, 0.2) is 18.2 Å². The summed E-state index contributed by atoms with van der Waals surface area (Å²) in [4.78, 5) is 1.92. The van der Waals surface area contributed by atoms with Gasteiger partial charge < -0.3 is 0 Å². The summed E-state index contributed by atoms with van der Waals surface area (Å²) >= 11 is 5.83. The quantitative estimate of drug-likeness (QED) is 0.919. The van der Waals surface area contributed by atoms with E-state index in [2.05, 4.69) is 4.72 Å². The van der Waals surface area contributed by atoms with Crippen molar-refractivity contribution in [2.75, 3.05) is 20.1 Å². The van der Waals surface area contributed by atoms with E-state index in [9.17, 15) is 12.8 Å². The second kappa shape index (κ2) is 5.75. The zero-order valence-electron chi connectivity index (χ0n) is 10.6. The zero-order valence-corrected chi connectivity index (χ0v) is 12.1. The van der Waals surface area contributed by atoms with Gasteiger partial charge in [-0.25, -0.2) is 17.5 Å². The van der Waals surface area contributed by atoms with Crippen LogP contribution < -0.4 is 4.72 Å². The summed E-state index contributed by atoms with van der Waals surface area (Å²) in [6.07, 6.45) is 0.561. The fourth-order valence-electron chi connectivity index (χ4n) is 2.27. The number of hydrogen-bond donors (Lipinski definition) is 1. The molecule has 1 unspecified atom stereocenters. The Kier molecular flexibility index (Phi) is 4.45. The fourth-order valence-corrected chi connectivity index (χ4v) is 3.62. The minimum Gasteiger partial charge on any atom is -0.298 e. The highest BCUT2D eigenvalue weighted by Gasteiger charge is 2.32. The Bertz CT molecular complexity index is 565. The maximum atomic E-state index is 13.6. The summed E-state index contributed by atoms with van der Waals surface area (Å²) in [7, 11) is -1.84. The van der Waals surface area contributed by atoms with E-state index in [4.69, 9.17) is 11.6 Å². The van der Waals surface area contributed by atoms with Crippen LogP contribution in [0.5, 0.6) is 0 Å². The Balaban J connectivity index is 2.05. The number of rotatable bonds is 4. The fraction of sp³-hybridized carbons (Fsp3) is 0.500. The molecule has 1 heterocycles. The molecule has 0 bridgehead atoms. The number of nitrogens with zero attached hydrogens (tertiary/aromatic N) is 1. The van der Waals surface area contributed by atoms with Gasteiger partial charge in [-0.15, -0.1) is 0 Å². The molecule has 1 aliphatic heterocycles. The molecule has 1 N–H and O–H groups in total. The van der Waals surface area contributed by atoms with Crippen LogP contribution in [0.1, 0.15) is 12.0 Å². The molecule has 1 aromatic rings. The van der Waals surface area contributed by atoms with Gasteiger partial charge in [-0.1, -0.05) is 11.6 Å². The number of likely N-dealkylation sites (tertiary alicyclic amines) is 1. The summed E-state index contributed by atoms with van der Waals surface area (Å²) in [6, 6.07) is 4.41. The Morgan fingerprint density at radius 1 is 1.53 bits per heavy atom. The Hall–Kier alpha value is -0.690. The number of benzene rings is 1. The van der Waals surface area contributed by atoms with Gasteiger partial charge in [0.25, 0.3) is 0 Å². The second-order valence-electron chi connectivity index (χ2n) is 4.63. The molecule has 0 radical (unpaired) electrons. The molecule has 1 aromatic carbocycles. The van der Waals surface area contributed by atoms with E-state index < -0.39 is 15.3 Å². The number of sulfonamides is 1. The lowest BCUT2D eigenvalue weighted by Gasteiger charge is -2.16. The standard InChI is InChI=1S/C12H16ClFN2O2S/c1-15-19(17,18)11-4-5-16(8-11)7-9-6-10(13)2-3-12(9)14/h2-3,6,11,15H,4-5,7-8H2,1H3. The Labute approximate surface area is 117 Å². The molecule has 1 atom stereocenters. The van der Waals surface area contributed by atoms with Crippen LogP contribution in [0.2, 0.25) is 5.02 Å². The first-order valence-corrected chi connectivity index (χ1v) is 7.93. The van der Waals surface area contributed by atoms with Crippen molar-refractivity contribution in [2.45, 2.75) is 18.2 Å². The van der Waals surface area contributed by atoms with Gasteiger partial charge in [0, 0.05) is 23.7 Å². The highest BCUT2D eigenvalue weighted by molar-refractivity contribution is 7.90. The third kappa shape index (κ3) is 3.45. The first-order chi connectivity index (χ1) is 8.92. The van der Waals surface area contributed by atoms with Crippen LogP contribution in [0, 0.1) is 5.82 Å². The first-order valence-electron chi connectivity index (χ1n) is 6.01. The van der Waals surface area contributed by atoms with E-state index in [1.807, 2.05) is 4.90 Å². The molecule has 0 amide bonds. The van der Waals surface area contributed by atoms with Crippen molar-refractivity contribution in [1.29, 1.82) is 0 Å². The maximum Gasteiger partial charge on any atom is 0.215 e. The largest absolute Gasteiger partial charge is 0.298 e. The molecule has 0 spiro atoms. The summed E-state index contributed by atoms with van der Waals surface area (Å²) in [6.45, 7) is 1.43. The molecule has 19 heavy (non-hydrogen) atoms. The van der Waals surface area contributed by atoms with E-state index in [-0.39, 0.29) is 5.82 Å². The smallest absolute Gasteiger partial charge is 0.215 e. The van der Waals surface area contributed by atoms with E-state index in [0.717, 1.165) is 0 Å². The summed E-state index contributed by atoms with van der Waals surface area (Å²) in [5, 5.41) is 0.0507. The lowest BCUT2D eigenvalue weighted by atomic mass is 10.2. The third-order valence-corrected chi connectivity index (χ3v) is 5.42. The molecule has 1 saturated heterocycles. The van der Waals surface area contributed by atoms with Crippen molar-refractivity contribution in [1.82, 2.24) is 9.62 Å². The normalized spacial score (nSPS) is 20.9. The molecule has 2 rings (SSSR count). The lowest BCUT2D eigenvalue weighted by Crippen LogP contribution is -2.34. The topological polar surface area (TPSA) is 49.4 Å². The summed E-state index contributed by atoms with van der Waals surface area (Å²) in [5.41, 5.74) is 0.495. The predicted molar refractivity (Wildman–Crippen MR) is 73.1 cm³/mol. The highest BCUT2D eigenvalue weighted by atomic mass is 35.5. The van der Waals surface area contributed by atoms with Gasteiger partial charge in [-0.3, -0.25) is 4.90 Å². The molecule has 1 fully saturated rings.